The molecule has 1 aliphatic heterocycles. The number of aryl methyl sites for hydroxylation is 2. The van der Waals surface area contributed by atoms with E-state index in [2.05, 4.69) is 29.6 Å². The third kappa shape index (κ3) is 3.64. The van der Waals surface area contributed by atoms with Crippen LogP contribution in [0.25, 0.3) is 0 Å². The summed E-state index contributed by atoms with van der Waals surface area (Å²) in [5.74, 6) is -1.36. The molecular formula is C31H30N2O3S. The van der Waals surface area contributed by atoms with Crippen LogP contribution in [0, 0.1) is 25.7 Å². The van der Waals surface area contributed by atoms with Crippen molar-refractivity contribution >= 4 is 35.2 Å². The van der Waals surface area contributed by atoms with Crippen LogP contribution < -0.4 is 5.32 Å². The van der Waals surface area contributed by atoms with E-state index in [-0.39, 0.29) is 29.6 Å². The summed E-state index contributed by atoms with van der Waals surface area (Å²) in [4.78, 5) is 43.4. The van der Waals surface area contributed by atoms with E-state index in [0.29, 0.717) is 12.2 Å². The molecule has 3 aromatic rings. The summed E-state index contributed by atoms with van der Waals surface area (Å²) < 4.78 is 0. The van der Waals surface area contributed by atoms with E-state index in [9.17, 15) is 14.4 Å². The lowest BCUT2D eigenvalue weighted by molar-refractivity contribution is -0.146. The molecule has 1 fully saturated rings. The first-order chi connectivity index (χ1) is 17.9. The van der Waals surface area contributed by atoms with Crippen molar-refractivity contribution in [3.63, 3.8) is 0 Å². The maximum atomic E-state index is 14.2. The van der Waals surface area contributed by atoms with Gasteiger partial charge in [0, 0.05) is 17.5 Å². The van der Waals surface area contributed by atoms with Gasteiger partial charge in [0.2, 0.25) is 17.7 Å². The third-order valence-electron chi connectivity index (χ3n) is 8.34. The molecule has 6 heteroatoms. The number of thioether (sulfide) groups is 1. The highest BCUT2D eigenvalue weighted by Gasteiger charge is 2.62. The topological polar surface area (TPSA) is 66.5 Å². The van der Waals surface area contributed by atoms with Crippen LogP contribution in [-0.2, 0) is 14.4 Å². The predicted molar refractivity (Wildman–Crippen MR) is 147 cm³/mol. The quantitative estimate of drug-likeness (QED) is 0.460. The van der Waals surface area contributed by atoms with Crippen molar-refractivity contribution in [3.05, 3.63) is 100 Å². The van der Waals surface area contributed by atoms with Gasteiger partial charge in [0.1, 0.15) is 6.04 Å². The van der Waals surface area contributed by atoms with Crippen LogP contribution in [0.15, 0.2) is 66.7 Å². The lowest BCUT2D eigenvalue weighted by Gasteiger charge is -2.45. The van der Waals surface area contributed by atoms with E-state index in [1.54, 1.807) is 11.8 Å². The minimum absolute atomic E-state index is 0.174. The molecule has 4 aliphatic rings. The second-order valence-electron chi connectivity index (χ2n) is 10.4. The van der Waals surface area contributed by atoms with Crippen molar-refractivity contribution in [1.82, 2.24) is 4.90 Å². The smallest absolute Gasteiger partial charge is 0.247 e. The van der Waals surface area contributed by atoms with E-state index in [1.165, 1.54) is 4.90 Å². The van der Waals surface area contributed by atoms with Crippen LogP contribution >= 0.6 is 11.8 Å². The lowest BCUT2D eigenvalue weighted by atomic mass is 9.55. The Morgan fingerprint density at radius 3 is 1.86 bits per heavy atom. The normalized spacial score (nSPS) is 23.9. The molecule has 0 radical (unpaired) electrons. The molecule has 2 bridgehead atoms. The second-order valence-corrected chi connectivity index (χ2v) is 11.4. The molecule has 0 saturated carbocycles. The van der Waals surface area contributed by atoms with Crippen molar-refractivity contribution in [2.45, 2.75) is 38.1 Å². The first kappa shape index (κ1) is 24.0. The van der Waals surface area contributed by atoms with E-state index in [4.69, 9.17) is 0 Å². The Kier molecular flexibility index (Phi) is 5.95. The van der Waals surface area contributed by atoms with Crippen molar-refractivity contribution in [3.8, 4) is 0 Å². The number of likely N-dealkylation sites (tertiary alicyclic amines) is 1. The van der Waals surface area contributed by atoms with Gasteiger partial charge in [0.25, 0.3) is 0 Å². The van der Waals surface area contributed by atoms with Gasteiger partial charge in [-0.2, -0.15) is 11.8 Å². The van der Waals surface area contributed by atoms with Crippen molar-refractivity contribution < 1.29 is 14.4 Å². The average molecular weight is 511 g/mol. The molecule has 1 saturated heterocycles. The molecule has 3 amide bonds. The molecular weight excluding hydrogens is 480 g/mol. The lowest BCUT2D eigenvalue weighted by Crippen LogP contribution is -2.48. The van der Waals surface area contributed by atoms with Crippen molar-refractivity contribution in [2.75, 3.05) is 17.3 Å². The Bertz CT molecular complexity index is 1320. The fourth-order valence-electron chi connectivity index (χ4n) is 6.70. The summed E-state index contributed by atoms with van der Waals surface area (Å²) in [5.41, 5.74) is 7.24. The molecule has 0 aromatic heterocycles. The highest BCUT2D eigenvalue weighted by molar-refractivity contribution is 7.98. The molecule has 1 heterocycles. The van der Waals surface area contributed by atoms with Crippen molar-refractivity contribution in [1.29, 1.82) is 0 Å². The highest BCUT2D eigenvalue weighted by Crippen LogP contribution is 2.61. The molecule has 3 atom stereocenters. The molecule has 37 heavy (non-hydrogen) atoms. The SMILES string of the molecule is CSCC[C@H](C(=O)Nc1cc(C)ccc1C)N1C(=O)[C@@H]2C3c4ccccc4C(c4ccccc43)[C@H]2C1=O. The number of imide groups is 1. The number of carbonyl (C=O) groups excluding carboxylic acids is 3. The Balaban J connectivity index is 1.40. The highest BCUT2D eigenvalue weighted by atomic mass is 32.2. The fourth-order valence-corrected chi connectivity index (χ4v) is 7.16. The molecule has 0 unspecified atom stereocenters. The van der Waals surface area contributed by atoms with Gasteiger partial charge >= 0.3 is 0 Å². The van der Waals surface area contributed by atoms with Gasteiger partial charge in [0.15, 0.2) is 0 Å². The van der Waals surface area contributed by atoms with E-state index in [1.807, 2.05) is 62.6 Å². The predicted octanol–water partition coefficient (Wildman–Crippen LogP) is 5.26. The number of rotatable bonds is 6. The monoisotopic (exact) mass is 510 g/mol. The first-order valence-corrected chi connectivity index (χ1v) is 14.2. The maximum absolute atomic E-state index is 14.2. The Labute approximate surface area is 221 Å². The fraction of sp³-hybridized carbons (Fsp3) is 0.323. The van der Waals surface area contributed by atoms with Gasteiger partial charge in [-0.25, -0.2) is 0 Å². The second kappa shape index (κ2) is 9.18. The van der Waals surface area contributed by atoms with Gasteiger partial charge in [-0.15, -0.1) is 0 Å². The van der Waals surface area contributed by atoms with Crippen LogP contribution in [0.2, 0.25) is 0 Å². The van der Waals surface area contributed by atoms with Crippen LogP contribution in [0.4, 0.5) is 5.69 Å². The number of benzene rings is 3. The number of hydrogen-bond donors (Lipinski definition) is 1. The summed E-state index contributed by atoms with van der Waals surface area (Å²) in [6.07, 6.45) is 2.39. The molecule has 0 spiro atoms. The summed E-state index contributed by atoms with van der Waals surface area (Å²) in [5, 5.41) is 3.04. The Morgan fingerprint density at radius 2 is 1.38 bits per heavy atom. The third-order valence-corrected chi connectivity index (χ3v) is 8.99. The molecule has 188 valence electrons. The summed E-state index contributed by atoms with van der Waals surface area (Å²) in [7, 11) is 0. The van der Waals surface area contributed by atoms with Crippen LogP contribution in [0.1, 0.15) is 51.6 Å². The van der Waals surface area contributed by atoms with Crippen molar-refractivity contribution in [2.24, 2.45) is 11.8 Å². The average Bonchev–Trinajstić information content (AvgIpc) is 3.17. The standard InChI is InChI=1S/C31H30N2O3S/c1-17-12-13-18(2)23(16-17)32-29(34)24(14-15-37-3)33-30(35)27-25-19-8-4-5-9-20(19)26(28(27)31(33)36)22-11-7-6-10-21(22)25/h4-13,16,24-28H,14-15H2,1-3H3,(H,32,34)/t24-,25?,26?,27-,28-/m1/s1. The minimum atomic E-state index is -0.844. The number of nitrogens with one attached hydrogen (secondary N) is 1. The molecule has 3 aliphatic carbocycles. The van der Waals surface area contributed by atoms with Gasteiger partial charge in [-0.1, -0.05) is 60.7 Å². The molecule has 3 aromatic carbocycles. The summed E-state index contributed by atoms with van der Waals surface area (Å²) in [6.45, 7) is 3.92. The zero-order chi connectivity index (χ0) is 25.8. The minimum Gasteiger partial charge on any atom is -0.324 e. The van der Waals surface area contributed by atoms with Gasteiger partial charge in [-0.3, -0.25) is 19.3 Å². The number of carbonyl (C=O) groups is 3. The van der Waals surface area contributed by atoms with Crippen LogP contribution in [-0.4, -0.2) is 40.7 Å². The van der Waals surface area contributed by atoms with E-state index in [0.717, 1.165) is 39.1 Å². The molecule has 5 nitrogen and oxygen atoms in total. The zero-order valence-electron chi connectivity index (χ0n) is 21.2. The van der Waals surface area contributed by atoms with Gasteiger partial charge < -0.3 is 5.32 Å². The molecule has 7 rings (SSSR count). The van der Waals surface area contributed by atoms with Crippen LogP contribution in [0.5, 0.6) is 0 Å². The maximum Gasteiger partial charge on any atom is 0.247 e. The molecule has 1 N–H and O–H groups in total. The number of hydrogen-bond acceptors (Lipinski definition) is 4. The number of amides is 3. The number of nitrogens with zero attached hydrogens (tertiary/aromatic N) is 1. The Hall–Kier alpha value is -3.38. The van der Waals surface area contributed by atoms with E-state index < -0.39 is 17.9 Å². The zero-order valence-corrected chi connectivity index (χ0v) is 22.0. The van der Waals surface area contributed by atoms with Gasteiger partial charge in [-0.05, 0) is 71.7 Å². The summed E-state index contributed by atoms with van der Waals surface area (Å²) >= 11 is 1.61. The summed E-state index contributed by atoms with van der Waals surface area (Å²) in [6, 6.07) is 21.5. The first-order valence-electron chi connectivity index (χ1n) is 12.8. The Morgan fingerprint density at radius 1 is 0.865 bits per heavy atom. The van der Waals surface area contributed by atoms with Crippen LogP contribution in [0.3, 0.4) is 0 Å². The largest absolute Gasteiger partial charge is 0.324 e. The van der Waals surface area contributed by atoms with Gasteiger partial charge in [0.05, 0.1) is 11.8 Å². The van der Waals surface area contributed by atoms with E-state index >= 15 is 0 Å². The number of anilines is 1.